The quantitative estimate of drug-likeness (QED) is 0.295. The Kier molecular flexibility index (Phi) is 6.84. The first-order valence-corrected chi connectivity index (χ1v) is 9.92. The van der Waals surface area contributed by atoms with Crippen LogP contribution in [0.15, 0.2) is 75.8 Å². The normalized spacial score (nSPS) is 11.3. The Balaban J connectivity index is 1.87. The molecule has 27 heavy (non-hydrogen) atoms. The summed E-state index contributed by atoms with van der Waals surface area (Å²) in [6.45, 7) is 5.44. The highest BCUT2D eigenvalue weighted by Gasteiger charge is 2.06. The van der Waals surface area contributed by atoms with E-state index in [1.165, 1.54) is 12.1 Å². The van der Waals surface area contributed by atoms with Gasteiger partial charge < -0.3 is 9.47 Å². The van der Waals surface area contributed by atoms with E-state index in [0.29, 0.717) is 22.7 Å². The second-order valence-corrected chi connectivity index (χ2v) is 7.74. The molecule has 0 fully saturated rings. The maximum atomic E-state index is 11.4. The van der Waals surface area contributed by atoms with Gasteiger partial charge in [0.25, 0.3) is 0 Å². The first-order valence-electron chi connectivity index (χ1n) is 8.03. The zero-order chi connectivity index (χ0) is 19.9. The fourth-order valence-corrected chi connectivity index (χ4v) is 2.53. The summed E-state index contributed by atoms with van der Waals surface area (Å²) < 4.78 is 33.2. The molecule has 0 N–H and O–H groups in total. The maximum absolute atomic E-state index is 11.4. The summed E-state index contributed by atoms with van der Waals surface area (Å²) in [5.74, 6) is 0.164. The van der Waals surface area contributed by atoms with Crippen molar-refractivity contribution in [2.24, 2.45) is 10.2 Å². The van der Waals surface area contributed by atoms with E-state index < -0.39 is 15.8 Å². The van der Waals surface area contributed by atoms with Crippen LogP contribution in [0.1, 0.15) is 6.92 Å². The van der Waals surface area contributed by atoms with Crippen LogP contribution in [0.2, 0.25) is 0 Å². The number of hydrogen-bond donors (Lipinski definition) is 0. The van der Waals surface area contributed by atoms with Crippen molar-refractivity contribution < 1.29 is 22.7 Å². The zero-order valence-electron chi connectivity index (χ0n) is 15.1. The topological polar surface area (TPSA) is 94.4 Å². The number of sulfone groups is 1. The number of nitrogens with zero attached hydrogens (tertiary/aromatic N) is 2. The lowest BCUT2D eigenvalue weighted by Crippen LogP contribution is -2.12. The van der Waals surface area contributed by atoms with Crippen molar-refractivity contribution >= 4 is 27.2 Å². The minimum atomic E-state index is -3.23. The molecule has 2 aromatic rings. The fourth-order valence-electron chi connectivity index (χ4n) is 1.90. The number of carbonyl (C=O) groups excluding carboxylic acids is 1. The van der Waals surface area contributed by atoms with E-state index in [1.54, 1.807) is 43.3 Å². The van der Waals surface area contributed by atoms with Crippen molar-refractivity contribution in [3.63, 3.8) is 0 Å². The molecule has 142 valence electrons. The lowest BCUT2D eigenvalue weighted by Gasteiger charge is -2.07. The molecule has 0 amide bonds. The van der Waals surface area contributed by atoms with Gasteiger partial charge in [-0.1, -0.05) is 6.58 Å². The van der Waals surface area contributed by atoms with Crippen LogP contribution < -0.4 is 4.74 Å². The molecule has 0 aliphatic heterocycles. The molecule has 2 aromatic carbocycles. The third kappa shape index (κ3) is 6.67. The molecular formula is C19H20N2O5S. The van der Waals surface area contributed by atoms with Gasteiger partial charge in [-0.15, -0.1) is 0 Å². The third-order valence-electron chi connectivity index (χ3n) is 3.32. The Morgan fingerprint density at radius 1 is 0.963 bits per heavy atom. The van der Waals surface area contributed by atoms with Gasteiger partial charge in [0.2, 0.25) is 0 Å². The molecule has 0 unspecified atom stereocenters. The van der Waals surface area contributed by atoms with Gasteiger partial charge in [-0.05, 0) is 55.5 Å². The molecule has 0 atom stereocenters. The monoisotopic (exact) mass is 388 g/mol. The molecule has 2 rings (SSSR count). The second kappa shape index (κ2) is 9.09. The summed E-state index contributed by atoms with van der Waals surface area (Å²) in [6.07, 6.45) is 1.15. The van der Waals surface area contributed by atoms with Crippen molar-refractivity contribution in [3.05, 3.63) is 60.7 Å². The Bertz CT molecular complexity index is 933. The molecule has 0 saturated carbocycles. The Morgan fingerprint density at radius 3 is 1.96 bits per heavy atom. The van der Waals surface area contributed by atoms with Gasteiger partial charge in [0, 0.05) is 11.8 Å². The van der Waals surface area contributed by atoms with Crippen molar-refractivity contribution in [1.29, 1.82) is 0 Å². The predicted molar refractivity (Wildman–Crippen MR) is 101 cm³/mol. The molecule has 0 aromatic heterocycles. The summed E-state index contributed by atoms with van der Waals surface area (Å²) in [5.41, 5.74) is 1.50. The second-order valence-electron chi connectivity index (χ2n) is 5.72. The van der Waals surface area contributed by atoms with Crippen molar-refractivity contribution in [2.75, 3.05) is 19.5 Å². The molecule has 0 aliphatic rings. The Labute approximate surface area is 158 Å². The van der Waals surface area contributed by atoms with E-state index in [-0.39, 0.29) is 18.1 Å². The Hall–Kier alpha value is -3.00. The van der Waals surface area contributed by atoms with Crippen LogP contribution in [0.4, 0.5) is 11.4 Å². The van der Waals surface area contributed by atoms with Crippen molar-refractivity contribution in [2.45, 2.75) is 11.8 Å². The highest BCUT2D eigenvalue weighted by molar-refractivity contribution is 7.90. The maximum Gasteiger partial charge on any atom is 0.333 e. The molecule has 0 saturated heterocycles. The van der Waals surface area contributed by atoms with E-state index in [0.717, 1.165) is 6.26 Å². The van der Waals surface area contributed by atoms with Crippen LogP contribution in [0.25, 0.3) is 0 Å². The summed E-state index contributed by atoms with van der Waals surface area (Å²) in [5, 5.41) is 8.15. The van der Waals surface area contributed by atoms with E-state index in [2.05, 4.69) is 16.8 Å². The van der Waals surface area contributed by atoms with E-state index in [1.807, 2.05) is 0 Å². The van der Waals surface area contributed by atoms with Gasteiger partial charge in [-0.2, -0.15) is 10.2 Å². The van der Waals surface area contributed by atoms with Gasteiger partial charge in [0.15, 0.2) is 9.84 Å². The molecule has 7 nitrogen and oxygen atoms in total. The lowest BCUT2D eigenvalue weighted by atomic mass is 10.3. The summed E-state index contributed by atoms with van der Waals surface area (Å²) in [7, 11) is -3.23. The smallest absolute Gasteiger partial charge is 0.333 e. The first-order chi connectivity index (χ1) is 12.8. The number of rotatable bonds is 8. The minimum Gasteiger partial charge on any atom is -0.490 e. The zero-order valence-corrected chi connectivity index (χ0v) is 15.9. The van der Waals surface area contributed by atoms with E-state index >= 15 is 0 Å². The van der Waals surface area contributed by atoms with Crippen LogP contribution in [0.5, 0.6) is 5.75 Å². The molecule has 0 radical (unpaired) electrons. The van der Waals surface area contributed by atoms with Gasteiger partial charge in [0.1, 0.15) is 19.0 Å². The molecule has 0 heterocycles. The van der Waals surface area contributed by atoms with Crippen LogP contribution >= 0.6 is 0 Å². The fraction of sp³-hybridized carbons (Fsp3) is 0.211. The molecule has 8 heteroatoms. The number of azo groups is 1. The summed E-state index contributed by atoms with van der Waals surface area (Å²) in [6, 6.07) is 13.0. The number of esters is 1. The summed E-state index contributed by atoms with van der Waals surface area (Å²) in [4.78, 5) is 11.5. The highest BCUT2D eigenvalue weighted by atomic mass is 32.2. The molecular weight excluding hydrogens is 368 g/mol. The van der Waals surface area contributed by atoms with Crippen LogP contribution in [-0.4, -0.2) is 33.9 Å². The van der Waals surface area contributed by atoms with Gasteiger partial charge in [0.05, 0.1) is 16.3 Å². The third-order valence-corrected chi connectivity index (χ3v) is 4.44. The predicted octanol–water partition coefficient (Wildman–Crippen LogP) is 4.00. The van der Waals surface area contributed by atoms with Gasteiger partial charge >= 0.3 is 5.97 Å². The van der Waals surface area contributed by atoms with Crippen molar-refractivity contribution in [3.8, 4) is 5.75 Å². The molecule has 0 bridgehead atoms. The molecule has 0 aliphatic carbocycles. The van der Waals surface area contributed by atoms with Crippen LogP contribution in [0, 0.1) is 0 Å². The number of carbonyl (C=O) groups is 1. The first kappa shape index (κ1) is 20.3. The minimum absolute atomic E-state index is 0.136. The number of ether oxygens (including phenoxy) is 2. The largest absolute Gasteiger partial charge is 0.490 e. The van der Waals surface area contributed by atoms with Crippen LogP contribution in [0.3, 0.4) is 0 Å². The van der Waals surface area contributed by atoms with Crippen LogP contribution in [-0.2, 0) is 19.4 Å². The van der Waals surface area contributed by atoms with Crippen molar-refractivity contribution in [1.82, 2.24) is 0 Å². The van der Waals surface area contributed by atoms with E-state index in [9.17, 15) is 13.2 Å². The summed E-state index contributed by atoms with van der Waals surface area (Å²) >= 11 is 0. The average Bonchev–Trinajstić information content (AvgIpc) is 2.64. The van der Waals surface area contributed by atoms with Gasteiger partial charge in [-0.25, -0.2) is 13.2 Å². The lowest BCUT2D eigenvalue weighted by molar-refractivity contribution is -0.139. The number of hydrogen-bond acceptors (Lipinski definition) is 7. The van der Waals surface area contributed by atoms with E-state index in [4.69, 9.17) is 9.47 Å². The highest BCUT2D eigenvalue weighted by Crippen LogP contribution is 2.22. The number of benzene rings is 2. The SMILES string of the molecule is C=C(C)C(=O)OCCOc1ccc(N=Nc2ccc(S(C)(=O)=O)cc2)cc1. The Morgan fingerprint density at radius 2 is 1.48 bits per heavy atom. The average molecular weight is 388 g/mol. The molecule has 0 spiro atoms. The van der Waals surface area contributed by atoms with Gasteiger partial charge in [-0.3, -0.25) is 0 Å². The standard InChI is InChI=1S/C19H20N2O5S/c1-14(2)19(22)26-13-12-25-17-8-4-15(5-9-17)20-21-16-6-10-18(11-7-16)27(3,23)24/h4-11H,1,12-13H2,2-3H3.